The van der Waals surface area contributed by atoms with Gasteiger partial charge >= 0.3 is 0 Å². The number of rotatable bonds is 4. The van der Waals surface area contributed by atoms with E-state index in [1.54, 1.807) is 17.2 Å². The van der Waals surface area contributed by atoms with Crippen LogP contribution in [0.4, 0.5) is 0 Å². The van der Waals surface area contributed by atoms with Gasteiger partial charge in [0.05, 0.1) is 29.7 Å². The summed E-state index contributed by atoms with van der Waals surface area (Å²) in [6.07, 6.45) is 7.03. The molecule has 0 bridgehead atoms. The molecule has 33 heavy (non-hydrogen) atoms. The number of nitrogens with zero attached hydrogens (tertiary/aromatic N) is 6. The molecule has 170 valence electrons. The molecule has 1 fully saturated rings. The number of ether oxygens (including phenoxy) is 1. The van der Waals surface area contributed by atoms with Crippen LogP contribution in [0.1, 0.15) is 35.7 Å². The zero-order valence-electron chi connectivity index (χ0n) is 18.8. The number of aromatic nitrogens is 6. The van der Waals surface area contributed by atoms with E-state index >= 15 is 0 Å². The number of nitrogens with one attached hydrogen (secondary N) is 1. The summed E-state index contributed by atoms with van der Waals surface area (Å²) >= 11 is 0. The number of fused-ring (bicyclic) bond motifs is 2. The van der Waals surface area contributed by atoms with Crippen molar-refractivity contribution in [2.45, 2.75) is 51.0 Å². The third-order valence-electron chi connectivity index (χ3n) is 7.00. The van der Waals surface area contributed by atoms with E-state index in [1.165, 1.54) is 11.1 Å². The van der Waals surface area contributed by atoms with Crippen LogP contribution >= 0.6 is 0 Å². The standard InChI is InChI=1S/C24H27N7O2/c1-14-18-4-6-31(24(18)27-13-26-14)20-9-17(10-22(20)32)33-23-8-16(21-12-28-29-30(21)2)7-15-3-5-25-11-19(15)23/h4,6-8,12-13,17,20,22,25,32H,3,5,9-11H2,1-2H3/t17-,20+,22+/m0/s1. The topological polar surface area (TPSA) is 103 Å². The van der Waals surface area contributed by atoms with Gasteiger partial charge in [0, 0.05) is 49.1 Å². The van der Waals surface area contributed by atoms with Gasteiger partial charge in [-0.1, -0.05) is 5.21 Å². The Morgan fingerprint density at radius 1 is 1.21 bits per heavy atom. The van der Waals surface area contributed by atoms with Gasteiger partial charge in [-0.3, -0.25) is 0 Å². The van der Waals surface area contributed by atoms with Gasteiger partial charge in [-0.2, -0.15) is 0 Å². The minimum atomic E-state index is -0.501. The highest BCUT2D eigenvalue weighted by molar-refractivity contribution is 5.78. The number of aliphatic hydroxyl groups excluding tert-OH is 1. The van der Waals surface area contributed by atoms with Crippen molar-refractivity contribution in [1.29, 1.82) is 0 Å². The Morgan fingerprint density at radius 3 is 2.97 bits per heavy atom. The molecule has 6 rings (SSSR count). The summed E-state index contributed by atoms with van der Waals surface area (Å²) in [6.45, 7) is 3.71. The fourth-order valence-electron chi connectivity index (χ4n) is 5.26. The van der Waals surface area contributed by atoms with Crippen molar-refractivity contribution >= 4 is 11.0 Å². The zero-order valence-corrected chi connectivity index (χ0v) is 18.8. The molecule has 2 N–H and O–H groups in total. The predicted octanol–water partition coefficient (Wildman–Crippen LogP) is 2.32. The highest BCUT2D eigenvalue weighted by Crippen LogP contribution is 2.38. The van der Waals surface area contributed by atoms with Crippen molar-refractivity contribution in [2.75, 3.05) is 6.54 Å². The number of aliphatic hydroxyl groups is 1. The Balaban J connectivity index is 1.31. The SMILES string of the molecule is Cc1ncnc2c1ccn2[C@@H]1C[C@H](Oc2cc(-c3cnnn3C)cc3c2CNCC3)C[C@H]1O. The molecule has 1 saturated carbocycles. The van der Waals surface area contributed by atoms with Gasteiger partial charge in [-0.05, 0) is 43.7 Å². The van der Waals surface area contributed by atoms with E-state index < -0.39 is 6.10 Å². The Hall–Kier alpha value is -3.30. The molecular formula is C24H27N7O2. The Morgan fingerprint density at radius 2 is 2.12 bits per heavy atom. The fourth-order valence-corrected chi connectivity index (χ4v) is 5.26. The number of hydrogen-bond acceptors (Lipinski definition) is 7. The van der Waals surface area contributed by atoms with Crippen molar-refractivity contribution in [3.8, 4) is 17.0 Å². The summed E-state index contributed by atoms with van der Waals surface area (Å²) in [5.74, 6) is 0.879. The van der Waals surface area contributed by atoms with Gasteiger partial charge in [-0.25, -0.2) is 14.6 Å². The monoisotopic (exact) mass is 445 g/mol. The Bertz CT molecular complexity index is 1330. The van der Waals surface area contributed by atoms with Crippen LogP contribution in [0.5, 0.6) is 5.75 Å². The Kier molecular flexibility index (Phi) is 4.88. The third-order valence-corrected chi connectivity index (χ3v) is 7.00. The van der Waals surface area contributed by atoms with Crippen LogP contribution in [-0.2, 0) is 20.0 Å². The van der Waals surface area contributed by atoms with Crippen LogP contribution < -0.4 is 10.1 Å². The first-order valence-corrected chi connectivity index (χ1v) is 11.4. The van der Waals surface area contributed by atoms with Crippen LogP contribution in [0.25, 0.3) is 22.3 Å². The largest absolute Gasteiger partial charge is 0.490 e. The smallest absolute Gasteiger partial charge is 0.143 e. The van der Waals surface area contributed by atoms with Crippen molar-refractivity contribution < 1.29 is 9.84 Å². The highest BCUT2D eigenvalue weighted by atomic mass is 16.5. The van der Waals surface area contributed by atoms with Gasteiger partial charge in [-0.15, -0.1) is 5.10 Å². The first kappa shape index (κ1) is 20.3. The molecule has 1 aromatic carbocycles. The quantitative estimate of drug-likeness (QED) is 0.497. The third kappa shape index (κ3) is 3.48. The first-order valence-electron chi connectivity index (χ1n) is 11.4. The summed E-state index contributed by atoms with van der Waals surface area (Å²) < 4.78 is 10.4. The molecule has 0 amide bonds. The molecule has 1 aliphatic carbocycles. The molecule has 0 saturated heterocycles. The second-order valence-corrected chi connectivity index (χ2v) is 9.05. The van der Waals surface area contributed by atoms with E-state index in [1.807, 2.05) is 26.2 Å². The van der Waals surface area contributed by atoms with Crippen molar-refractivity contribution in [2.24, 2.45) is 7.05 Å². The van der Waals surface area contributed by atoms with E-state index in [4.69, 9.17) is 4.74 Å². The molecule has 9 heteroatoms. The number of aryl methyl sites for hydroxylation is 2. The van der Waals surface area contributed by atoms with E-state index in [-0.39, 0.29) is 12.1 Å². The van der Waals surface area contributed by atoms with Crippen molar-refractivity contribution in [3.63, 3.8) is 0 Å². The lowest BCUT2D eigenvalue weighted by molar-refractivity contribution is 0.127. The minimum absolute atomic E-state index is 0.0831. The lowest BCUT2D eigenvalue weighted by Gasteiger charge is -2.24. The zero-order chi connectivity index (χ0) is 22.5. The maximum atomic E-state index is 10.9. The van der Waals surface area contributed by atoms with Gasteiger partial charge in [0.2, 0.25) is 0 Å². The first-order chi connectivity index (χ1) is 16.1. The summed E-state index contributed by atoms with van der Waals surface area (Å²) in [5.41, 5.74) is 6.31. The minimum Gasteiger partial charge on any atom is -0.490 e. The van der Waals surface area contributed by atoms with Crippen LogP contribution in [0.15, 0.2) is 36.9 Å². The lowest BCUT2D eigenvalue weighted by Crippen LogP contribution is -2.25. The Labute approximate surface area is 191 Å². The van der Waals surface area contributed by atoms with Crippen molar-refractivity contribution in [1.82, 2.24) is 34.8 Å². The predicted molar refractivity (Wildman–Crippen MR) is 123 cm³/mol. The molecule has 0 unspecified atom stereocenters. The molecule has 3 aromatic heterocycles. The lowest BCUT2D eigenvalue weighted by atomic mass is 9.96. The van der Waals surface area contributed by atoms with Crippen LogP contribution in [-0.4, -0.2) is 53.4 Å². The van der Waals surface area contributed by atoms with Crippen molar-refractivity contribution in [3.05, 3.63) is 53.7 Å². The van der Waals surface area contributed by atoms with Crippen LogP contribution in [0, 0.1) is 6.92 Å². The van der Waals surface area contributed by atoms with Gasteiger partial charge in [0.15, 0.2) is 0 Å². The molecule has 1 aliphatic heterocycles. The molecule has 0 radical (unpaired) electrons. The highest BCUT2D eigenvalue weighted by Gasteiger charge is 2.37. The maximum absolute atomic E-state index is 10.9. The van der Waals surface area contributed by atoms with E-state index in [9.17, 15) is 5.11 Å². The molecular weight excluding hydrogens is 418 g/mol. The second-order valence-electron chi connectivity index (χ2n) is 9.05. The number of hydrogen-bond donors (Lipinski definition) is 2. The summed E-state index contributed by atoms with van der Waals surface area (Å²) in [4.78, 5) is 8.76. The van der Waals surface area contributed by atoms with E-state index in [0.29, 0.717) is 12.8 Å². The van der Waals surface area contributed by atoms with E-state index in [0.717, 1.165) is 53.2 Å². The van der Waals surface area contributed by atoms with E-state index in [2.05, 4.69) is 42.3 Å². The number of benzene rings is 1. The summed E-state index contributed by atoms with van der Waals surface area (Å²) in [7, 11) is 1.90. The normalized spacial score (nSPS) is 22.6. The van der Waals surface area contributed by atoms with Crippen LogP contribution in [0.3, 0.4) is 0 Å². The second kappa shape index (κ2) is 7.93. The molecule has 9 nitrogen and oxygen atoms in total. The van der Waals surface area contributed by atoms with Crippen LogP contribution in [0.2, 0.25) is 0 Å². The average molecular weight is 446 g/mol. The van der Waals surface area contributed by atoms with Gasteiger partial charge in [0.1, 0.15) is 23.8 Å². The fraction of sp³-hybridized carbons (Fsp3) is 0.417. The maximum Gasteiger partial charge on any atom is 0.143 e. The molecule has 3 atom stereocenters. The molecule has 4 aromatic rings. The molecule has 0 spiro atoms. The average Bonchev–Trinajstić information content (AvgIpc) is 3.52. The molecule has 2 aliphatic rings. The summed E-state index contributed by atoms with van der Waals surface area (Å²) in [5, 5.41) is 23.5. The summed E-state index contributed by atoms with van der Waals surface area (Å²) in [6, 6.07) is 6.26. The van der Waals surface area contributed by atoms with Gasteiger partial charge < -0.3 is 19.7 Å². The van der Waals surface area contributed by atoms with Gasteiger partial charge in [0.25, 0.3) is 0 Å². The molecule has 4 heterocycles.